The summed E-state index contributed by atoms with van der Waals surface area (Å²) in [6, 6.07) is 7.60. The lowest BCUT2D eigenvalue weighted by Crippen LogP contribution is -2.24. The van der Waals surface area contributed by atoms with Crippen molar-refractivity contribution in [2.45, 2.75) is 24.3 Å². The first-order chi connectivity index (χ1) is 13.3. The van der Waals surface area contributed by atoms with E-state index in [0.29, 0.717) is 16.9 Å². The maximum absolute atomic E-state index is 12.3. The van der Waals surface area contributed by atoms with Crippen LogP contribution in [0.1, 0.15) is 22.8 Å². The Kier molecular flexibility index (Phi) is 5.39. The van der Waals surface area contributed by atoms with Gasteiger partial charge in [0.05, 0.1) is 17.6 Å². The van der Waals surface area contributed by atoms with Gasteiger partial charge in [-0.2, -0.15) is 8.42 Å². The summed E-state index contributed by atoms with van der Waals surface area (Å²) < 4.78 is 41.0. The summed E-state index contributed by atoms with van der Waals surface area (Å²) in [7, 11) is -2.89. The third-order valence-corrected chi connectivity index (χ3v) is 5.75. The minimum Gasteiger partial charge on any atom is -0.485 e. The Morgan fingerprint density at radius 2 is 2.11 bits per heavy atom. The third kappa shape index (κ3) is 3.58. The molecule has 9 heteroatoms. The fraction of sp³-hybridized carbons (Fsp3) is 0.263. The third-order valence-electron chi connectivity index (χ3n) is 4.40. The van der Waals surface area contributed by atoms with Crippen molar-refractivity contribution in [3.05, 3.63) is 69.8 Å². The van der Waals surface area contributed by atoms with Gasteiger partial charge >= 0.3 is 0 Å². The normalized spacial score (nSPS) is 15.9. The Labute approximate surface area is 162 Å². The van der Waals surface area contributed by atoms with E-state index in [-0.39, 0.29) is 29.4 Å². The number of hydrogen-bond acceptors (Lipinski definition) is 7. The first-order valence-electron chi connectivity index (χ1n) is 8.40. The number of aryl methyl sites for hydroxylation is 1. The first-order valence-corrected chi connectivity index (χ1v) is 9.81. The highest BCUT2D eigenvalue weighted by Gasteiger charge is 2.32. The van der Waals surface area contributed by atoms with E-state index < -0.39 is 21.1 Å². The topological polar surface area (TPSA) is 105 Å². The van der Waals surface area contributed by atoms with Crippen LogP contribution in [0.3, 0.4) is 0 Å². The molecule has 0 fully saturated rings. The maximum Gasteiger partial charge on any atom is 0.297 e. The molecule has 28 heavy (non-hydrogen) atoms. The van der Waals surface area contributed by atoms with Crippen molar-refractivity contribution in [2.75, 3.05) is 13.7 Å². The largest absolute Gasteiger partial charge is 0.485 e. The number of nitro benzene ring substituents is 1. The standard InChI is InChI=1S/C19H19NO7S/c1-4-5-13-15(20(21)22)7-8-16-19(13)27-17(11-26-16)14-10-12(2)6-9-18(14)28(23,24)25-3/h4,6-10,17H,1,5,11H2,2-3H3/t17-/m0/s1. The first kappa shape index (κ1) is 19.8. The van der Waals surface area contributed by atoms with E-state index >= 15 is 0 Å². The molecule has 0 spiro atoms. The molecule has 1 atom stereocenters. The highest BCUT2D eigenvalue weighted by molar-refractivity contribution is 7.86. The van der Waals surface area contributed by atoms with Crippen LogP contribution in [-0.2, 0) is 20.7 Å². The summed E-state index contributed by atoms with van der Waals surface area (Å²) in [6.07, 6.45) is 0.952. The quantitative estimate of drug-likeness (QED) is 0.313. The number of nitro groups is 1. The zero-order chi connectivity index (χ0) is 20.5. The Morgan fingerprint density at radius 3 is 2.75 bits per heavy atom. The van der Waals surface area contributed by atoms with Gasteiger partial charge in [0.15, 0.2) is 17.6 Å². The summed E-state index contributed by atoms with van der Waals surface area (Å²) in [5.74, 6) is 0.579. The average Bonchev–Trinajstić information content (AvgIpc) is 2.67. The van der Waals surface area contributed by atoms with Crippen molar-refractivity contribution >= 4 is 15.8 Å². The second-order valence-electron chi connectivity index (χ2n) is 6.22. The fourth-order valence-corrected chi connectivity index (χ4v) is 3.98. The molecule has 1 aliphatic rings. The van der Waals surface area contributed by atoms with Gasteiger partial charge in [-0.15, -0.1) is 6.58 Å². The number of allylic oxidation sites excluding steroid dienone is 1. The van der Waals surface area contributed by atoms with Gasteiger partial charge in [0, 0.05) is 18.1 Å². The van der Waals surface area contributed by atoms with Gasteiger partial charge < -0.3 is 9.47 Å². The van der Waals surface area contributed by atoms with Crippen LogP contribution < -0.4 is 9.47 Å². The van der Waals surface area contributed by atoms with E-state index in [2.05, 4.69) is 10.8 Å². The molecule has 0 aliphatic carbocycles. The monoisotopic (exact) mass is 405 g/mol. The van der Waals surface area contributed by atoms with E-state index in [0.717, 1.165) is 12.7 Å². The number of benzene rings is 2. The minimum atomic E-state index is -3.97. The number of fused-ring (bicyclic) bond motifs is 1. The van der Waals surface area contributed by atoms with Crippen LogP contribution in [0.2, 0.25) is 0 Å². The molecule has 148 valence electrons. The zero-order valence-electron chi connectivity index (χ0n) is 15.4. The van der Waals surface area contributed by atoms with Gasteiger partial charge in [-0.3, -0.25) is 14.3 Å². The second kappa shape index (κ2) is 7.61. The van der Waals surface area contributed by atoms with Gasteiger partial charge in [-0.25, -0.2) is 0 Å². The minimum absolute atomic E-state index is 0.0339. The zero-order valence-corrected chi connectivity index (χ0v) is 16.2. The lowest BCUT2D eigenvalue weighted by atomic mass is 10.0. The van der Waals surface area contributed by atoms with Crippen LogP contribution in [0.25, 0.3) is 0 Å². The summed E-state index contributed by atoms with van der Waals surface area (Å²) in [4.78, 5) is 10.8. The molecular formula is C19H19NO7S. The van der Waals surface area contributed by atoms with Crippen LogP contribution >= 0.6 is 0 Å². The van der Waals surface area contributed by atoms with Gasteiger partial charge in [-0.1, -0.05) is 23.8 Å². The summed E-state index contributed by atoms with van der Waals surface area (Å²) in [5, 5.41) is 11.4. The van der Waals surface area contributed by atoms with Crippen LogP contribution in [0, 0.1) is 17.0 Å². The molecule has 8 nitrogen and oxygen atoms in total. The van der Waals surface area contributed by atoms with Crippen molar-refractivity contribution < 1.29 is 27.0 Å². The molecule has 0 saturated heterocycles. The number of rotatable bonds is 6. The van der Waals surface area contributed by atoms with Gasteiger partial charge in [0.1, 0.15) is 11.5 Å². The summed E-state index contributed by atoms with van der Waals surface area (Å²) in [5.41, 5.74) is 1.40. The van der Waals surface area contributed by atoms with E-state index in [9.17, 15) is 18.5 Å². The molecule has 1 aliphatic heterocycles. The molecule has 3 rings (SSSR count). The van der Waals surface area contributed by atoms with Crippen LogP contribution in [0.5, 0.6) is 11.5 Å². The van der Waals surface area contributed by atoms with E-state index in [4.69, 9.17) is 9.47 Å². The molecule has 0 aromatic heterocycles. The Balaban J connectivity index is 2.12. The Bertz CT molecular complexity index is 1050. The predicted octanol–water partition coefficient (Wildman–Crippen LogP) is 3.48. The fourth-order valence-electron chi connectivity index (χ4n) is 3.08. The van der Waals surface area contributed by atoms with Gasteiger partial charge in [-0.05, 0) is 19.1 Å². The number of hydrogen-bond donors (Lipinski definition) is 0. The SMILES string of the molecule is C=CCc1c([N+](=O)[O-])ccc2c1O[C@H](c1cc(C)ccc1S(=O)(=O)OC)CO2. The Morgan fingerprint density at radius 1 is 1.36 bits per heavy atom. The average molecular weight is 405 g/mol. The van der Waals surface area contributed by atoms with Crippen molar-refractivity contribution in [3.63, 3.8) is 0 Å². The van der Waals surface area contributed by atoms with Crippen LogP contribution in [0.15, 0.2) is 47.9 Å². The lowest BCUT2D eigenvalue weighted by molar-refractivity contribution is -0.385. The number of ether oxygens (including phenoxy) is 2. The summed E-state index contributed by atoms with van der Waals surface area (Å²) in [6.45, 7) is 5.50. The van der Waals surface area contributed by atoms with Crippen LogP contribution in [0.4, 0.5) is 5.69 Å². The van der Waals surface area contributed by atoms with Crippen LogP contribution in [-0.4, -0.2) is 27.1 Å². The molecule has 2 aromatic rings. The molecule has 0 N–H and O–H groups in total. The molecular weight excluding hydrogens is 386 g/mol. The second-order valence-corrected chi connectivity index (χ2v) is 7.90. The van der Waals surface area contributed by atoms with Crippen molar-refractivity contribution in [2.24, 2.45) is 0 Å². The molecule has 0 amide bonds. The van der Waals surface area contributed by atoms with Crippen molar-refractivity contribution in [1.82, 2.24) is 0 Å². The smallest absolute Gasteiger partial charge is 0.297 e. The summed E-state index contributed by atoms with van der Waals surface area (Å²) >= 11 is 0. The lowest BCUT2D eigenvalue weighted by Gasteiger charge is -2.29. The molecule has 0 saturated carbocycles. The molecule has 0 radical (unpaired) electrons. The molecule has 2 aromatic carbocycles. The molecule has 0 bridgehead atoms. The van der Waals surface area contributed by atoms with E-state index in [1.54, 1.807) is 12.1 Å². The van der Waals surface area contributed by atoms with E-state index in [1.165, 1.54) is 24.3 Å². The molecule has 0 unspecified atom stereocenters. The maximum atomic E-state index is 12.3. The Hall–Kier alpha value is -2.91. The highest BCUT2D eigenvalue weighted by atomic mass is 32.2. The molecule has 1 heterocycles. The van der Waals surface area contributed by atoms with Gasteiger partial charge in [0.25, 0.3) is 15.8 Å². The van der Waals surface area contributed by atoms with E-state index in [1.807, 2.05) is 6.92 Å². The van der Waals surface area contributed by atoms with Gasteiger partial charge in [0.2, 0.25) is 0 Å². The number of nitrogens with zero attached hydrogens (tertiary/aromatic N) is 1. The highest BCUT2D eigenvalue weighted by Crippen LogP contribution is 2.44. The van der Waals surface area contributed by atoms with Crippen molar-refractivity contribution in [3.8, 4) is 11.5 Å². The van der Waals surface area contributed by atoms with Crippen molar-refractivity contribution in [1.29, 1.82) is 0 Å². The predicted molar refractivity (Wildman–Crippen MR) is 101 cm³/mol.